The smallest absolute Gasteiger partial charge is 0.222 e. The normalized spacial score (nSPS) is 13.0. The molecule has 0 fully saturated rings. The number of nitrogens with zero attached hydrogens (tertiary/aromatic N) is 1. The van der Waals surface area contributed by atoms with Gasteiger partial charge < -0.3 is 10.2 Å². The molecule has 1 amide bonds. The SMILES string of the molecule is O=C(CCN1CCc2ccccc21)NCc1ccccc1Cl. The summed E-state index contributed by atoms with van der Waals surface area (Å²) in [4.78, 5) is 14.3. The Hall–Kier alpha value is -2.00. The van der Waals surface area contributed by atoms with Crippen molar-refractivity contribution in [3.63, 3.8) is 0 Å². The summed E-state index contributed by atoms with van der Waals surface area (Å²) in [5.41, 5.74) is 3.59. The maximum Gasteiger partial charge on any atom is 0.222 e. The summed E-state index contributed by atoms with van der Waals surface area (Å²) >= 11 is 6.09. The Labute approximate surface area is 135 Å². The van der Waals surface area contributed by atoms with Gasteiger partial charge in [0.15, 0.2) is 0 Å². The lowest BCUT2D eigenvalue weighted by molar-refractivity contribution is -0.121. The molecule has 2 aromatic carbocycles. The van der Waals surface area contributed by atoms with E-state index >= 15 is 0 Å². The van der Waals surface area contributed by atoms with Gasteiger partial charge in [0.25, 0.3) is 0 Å². The average molecular weight is 315 g/mol. The van der Waals surface area contributed by atoms with Crippen LogP contribution in [-0.2, 0) is 17.8 Å². The second-order valence-corrected chi connectivity index (χ2v) is 5.89. The summed E-state index contributed by atoms with van der Waals surface area (Å²) in [5, 5.41) is 3.63. The van der Waals surface area contributed by atoms with Crippen molar-refractivity contribution in [2.45, 2.75) is 19.4 Å². The number of benzene rings is 2. The van der Waals surface area contributed by atoms with Crippen molar-refractivity contribution in [1.29, 1.82) is 0 Å². The van der Waals surface area contributed by atoms with Gasteiger partial charge in [0.2, 0.25) is 5.91 Å². The number of fused-ring (bicyclic) bond motifs is 1. The number of carbonyl (C=O) groups is 1. The molecule has 0 atom stereocenters. The molecule has 3 rings (SSSR count). The van der Waals surface area contributed by atoms with E-state index < -0.39 is 0 Å². The van der Waals surface area contributed by atoms with Gasteiger partial charge in [0.1, 0.15) is 0 Å². The summed E-state index contributed by atoms with van der Waals surface area (Å²) in [7, 11) is 0. The minimum absolute atomic E-state index is 0.0595. The number of amides is 1. The molecule has 0 aromatic heterocycles. The average Bonchev–Trinajstić information content (AvgIpc) is 2.95. The lowest BCUT2D eigenvalue weighted by Crippen LogP contribution is -2.29. The van der Waals surface area contributed by atoms with Gasteiger partial charge in [0, 0.05) is 36.8 Å². The Kier molecular flexibility index (Phi) is 4.64. The van der Waals surface area contributed by atoms with E-state index in [4.69, 9.17) is 11.6 Å². The van der Waals surface area contributed by atoms with Crippen molar-refractivity contribution < 1.29 is 4.79 Å². The van der Waals surface area contributed by atoms with Crippen molar-refractivity contribution in [3.05, 3.63) is 64.7 Å². The van der Waals surface area contributed by atoms with Crippen LogP contribution in [0.4, 0.5) is 5.69 Å². The Morgan fingerprint density at radius 2 is 1.91 bits per heavy atom. The Morgan fingerprint density at radius 3 is 2.77 bits per heavy atom. The third kappa shape index (κ3) is 3.42. The third-order valence-electron chi connectivity index (χ3n) is 4.03. The quantitative estimate of drug-likeness (QED) is 0.917. The van der Waals surface area contributed by atoms with Crippen LogP contribution in [-0.4, -0.2) is 19.0 Å². The zero-order valence-electron chi connectivity index (χ0n) is 12.4. The predicted octanol–water partition coefficient (Wildman–Crippen LogP) is 3.41. The lowest BCUT2D eigenvalue weighted by Gasteiger charge is -2.19. The van der Waals surface area contributed by atoms with Crippen LogP contribution in [0.1, 0.15) is 17.5 Å². The number of anilines is 1. The van der Waals surface area contributed by atoms with Crippen molar-refractivity contribution in [2.75, 3.05) is 18.0 Å². The van der Waals surface area contributed by atoms with E-state index in [-0.39, 0.29) is 5.91 Å². The highest BCUT2D eigenvalue weighted by Crippen LogP contribution is 2.27. The second-order valence-electron chi connectivity index (χ2n) is 5.48. The summed E-state index contributed by atoms with van der Waals surface area (Å²) < 4.78 is 0. The zero-order chi connectivity index (χ0) is 15.4. The highest BCUT2D eigenvalue weighted by molar-refractivity contribution is 6.31. The number of halogens is 1. The minimum Gasteiger partial charge on any atom is -0.370 e. The van der Waals surface area contributed by atoms with Crippen molar-refractivity contribution >= 4 is 23.2 Å². The first-order valence-corrected chi connectivity index (χ1v) is 7.95. The molecule has 1 aliphatic rings. The first-order valence-electron chi connectivity index (χ1n) is 7.57. The first-order chi connectivity index (χ1) is 10.7. The molecule has 0 radical (unpaired) electrons. The molecule has 0 saturated carbocycles. The monoisotopic (exact) mass is 314 g/mol. The van der Waals surface area contributed by atoms with E-state index in [0.717, 1.165) is 25.1 Å². The molecule has 1 N–H and O–H groups in total. The van der Waals surface area contributed by atoms with E-state index in [9.17, 15) is 4.79 Å². The van der Waals surface area contributed by atoms with Gasteiger partial charge in [-0.3, -0.25) is 4.79 Å². The summed E-state index contributed by atoms with van der Waals surface area (Å²) in [6, 6.07) is 16.0. The van der Waals surface area contributed by atoms with Gasteiger partial charge >= 0.3 is 0 Å². The minimum atomic E-state index is 0.0595. The third-order valence-corrected chi connectivity index (χ3v) is 4.39. The van der Waals surface area contributed by atoms with Crippen molar-refractivity contribution in [2.24, 2.45) is 0 Å². The predicted molar refractivity (Wildman–Crippen MR) is 90.3 cm³/mol. The zero-order valence-corrected chi connectivity index (χ0v) is 13.1. The number of rotatable bonds is 5. The van der Waals surface area contributed by atoms with Crippen LogP contribution in [0.25, 0.3) is 0 Å². The molecule has 2 aromatic rings. The largest absolute Gasteiger partial charge is 0.370 e. The molecule has 0 unspecified atom stereocenters. The van der Waals surface area contributed by atoms with E-state index in [0.29, 0.717) is 18.0 Å². The lowest BCUT2D eigenvalue weighted by atomic mass is 10.2. The van der Waals surface area contributed by atoms with Gasteiger partial charge in [-0.2, -0.15) is 0 Å². The highest BCUT2D eigenvalue weighted by Gasteiger charge is 2.18. The Morgan fingerprint density at radius 1 is 1.14 bits per heavy atom. The summed E-state index contributed by atoms with van der Waals surface area (Å²) in [5.74, 6) is 0.0595. The molecule has 1 heterocycles. The Bertz CT molecular complexity index is 672. The summed E-state index contributed by atoms with van der Waals surface area (Å²) in [6.45, 7) is 2.23. The van der Waals surface area contributed by atoms with Gasteiger partial charge in [-0.25, -0.2) is 0 Å². The van der Waals surface area contributed by atoms with Gasteiger partial charge in [-0.05, 0) is 29.7 Å². The summed E-state index contributed by atoms with van der Waals surface area (Å²) in [6.07, 6.45) is 1.57. The van der Waals surface area contributed by atoms with Crippen LogP contribution < -0.4 is 10.2 Å². The Balaban J connectivity index is 1.48. The van der Waals surface area contributed by atoms with Crippen LogP contribution >= 0.6 is 11.6 Å². The van der Waals surface area contributed by atoms with Crippen LogP contribution in [0.3, 0.4) is 0 Å². The number of carbonyl (C=O) groups excluding carboxylic acids is 1. The highest BCUT2D eigenvalue weighted by atomic mass is 35.5. The van der Waals surface area contributed by atoms with Gasteiger partial charge in [0.05, 0.1) is 0 Å². The van der Waals surface area contributed by atoms with Crippen LogP contribution in [0, 0.1) is 0 Å². The molecular formula is C18H19ClN2O. The van der Waals surface area contributed by atoms with E-state index in [1.54, 1.807) is 0 Å². The van der Waals surface area contributed by atoms with Crippen molar-refractivity contribution in [1.82, 2.24) is 5.32 Å². The van der Waals surface area contributed by atoms with Gasteiger partial charge in [-0.1, -0.05) is 48.0 Å². The number of hydrogen-bond donors (Lipinski definition) is 1. The van der Waals surface area contributed by atoms with Crippen LogP contribution in [0.15, 0.2) is 48.5 Å². The molecule has 0 saturated heterocycles. The fourth-order valence-electron chi connectivity index (χ4n) is 2.80. The number of hydrogen-bond acceptors (Lipinski definition) is 2. The standard InChI is InChI=1S/C18H19ClN2O/c19-16-7-3-1-6-15(16)13-20-18(22)10-12-21-11-9-14-5-2-4-8-17(14)21/h1-8H,9-13H2,(H,20,22). The molecule has 3 nitrogen and oxygen atoms in total. The van der Waals surface area contributed by atoms with E-state index in [2.05, 4.69) is 34.5 Å². The topological polar surface area (TPSA) is 32.3 Å². The fourth-order valence-corrected chi connectivity index (χ4v) is 3.00. The van der Waals surface area contributed by atoms with Gasteiger partial charge in [-0.15, -0.1) is 0 Å². The number of para-hydroxylation sites is 1. The fraction of sp³-hybridized carbons (Fsp3) is 0.278. The molecule has 0 spiro atoms. The van der Waals surface area contributed by atoms with E-state index in [1.165, 1.54) is 11.3 Å². The van der Waals surface area contributed by atoms with E-state index in [1.807, 2.05) is 24.3 Å². The number of nitrogens with one attached hydrogen (secondary N) is 1. The second kappa shape index (κ2) is 6.84. The molecule has 4 heteroatoms. The molecule has 0 aliphatic carbocycles. The van der Waals surface area contributed by atoms with Crippen LogP contribution in [0.2, 0.25) is 5.02 Å². The molecule has 114 valence electrons. The molecule has 22 heavy (non-hydrogen) atoms. The van der Waals surface area contributed by atoms with Crippen LogP contribution in [0.5, 0.6) is 0 Å². The maximum atomic E-state index is 12.0. The van der Waals surface area contributed by atoms with Crippen molar-refractivity contribution in [3.8, 4) is 0 Å². The first kappa shape index (κ1) is 14.9. The molecular weight excluding hydrogens is 296 g/mol. The maximum absolute atomic E-state index is 12.0. The molecule has 0 bridgehead atoms. The molecule has 1 aliphatic heterocycles.